The first-order valence-corrected chi connectivity index (χ1v) is 7.59. The lowest BCUT2D eigenvalue weighted by Gasteiger charge is -2.29. The molecule has 0 atom stereocenters. The van der Waals surface area contributed by atoms with Gasteiger partial charge in [-0.1, -0.05) is 32.4 Å². The number of nitrogens with one attached hydrogen (secondary N) is 1. The third-order valence-corrected chi connectivity index (χ3v) is 4.05. The van der Waals surface area contributed by atoms with Crippen molar-refractivity contribution >= 4 is 22.8 Å². The van der Waals surface area contributed by atoms with Gasteiger partial charge in [0.2, 0.25) is 0 Å². The number of imidazole rings is 1. The van der Waals surface area contributed by atoms with Crippen LogP contribution in [-0.2, 0) is 5.41 Å². The molecular weight excluding hydrogens is 272 g/mol. The molecule has 0 unspecified atom stereocenters. The number of piperidine rings is 1. The second-order valence-electron chi connectivity index (χ2n) is 6.53. The van der Waals surface area contributed by atoms with E-state index in [4.69, 9.17) is 16.6 Å². The zero-order valence-corrected chi connectivity index (χ0v) is 13.0. The van der Waals surface area contributed by atoms with Crippen molar-refractivity contribution in [3.8, 4) is 0 Å². The number of halogens is 1. The molecule has 1 aliphatic rings. The van der Waals surface area contributed by atoms with Gasteiger partial charge in [0, 0.05) is 17.7 Å². The van der Waals surface area contributed by atoms with Crippen molar-refractivity contribution in [2.45, 2.75) is 45.1 Å². The highest BCUT2D eigenvalue weighted by molar-refractivity contribution is 6.31. The number of nitrogens with zero attached hydrogens (tertiary/aromatic N) is 3. The van der Waals surface area contributed by atoms with Crippen LogP contribution < -0.4 is 5.32 Å². The normalized spacial score (nSPS) is 17.8. The average Bonchev–Trinajstić information content (AvgIpc) is 2.78. The molecule has 1 aliphatic heterocycles. The van der Waals surface area contributed by atoms with Gasteiger partial charge in [0.25, 0.3) is 0 Å². The molecule has 5 heteroatoms. The molecule has 4 nitrogen and oxygen atoms in total. The van der Waals surface area contributed by atoms with Crippen LogP contribution in [0.4, 0.5) is 0 Å². The average molecular weight is 293 g/mol. The number of pyridine rings is 1. The van der Waals surface area contributed by atoms with Gasteiger partial charge in [0.15, 0.2) is 5.65 Å². The maximum absolute atomic E-state index is 6.06. The molecule has 0 aliphatic carbocycles. The standard InChI is InChI=1S/C15H21ClN4/c1-15(2,3)14-19-12-8-10(16)9-18-13(12)20(14)11-4-6-17-7-5-11/h8-9,11,17H,4-7H2,1-3H3. The van der Waals surface area contributed by atoms with E-state index in [1.165, 1.54) is 0 Å². The SMILES string of the molecule is CC(C)(C)c1nc2cc(Cl)cnc2n1C1CCNCC1. The highest BCUT2D eigenvalue weighted by atomic mass is 35.5. The molecule has 0 aromatic carbocycles. The van der Waals surface area contributed by atoms with E-state index >= 15 is 0 Å². The summed E-state index contributed by atoms with van der Waals surface area (Å²) in [5.41, 5.74) is 1.87. The Bertz CT molecular complexity index is 621. The highest BCUT2D eigenvalue weighted by Gasteiger charge is 2.28. The molecule has 1 N–H and O–H groups in total. The Morgan fingerprint density at radius 2 is 2.00 bits per heavy atom. The Kier molecular flexibility index (Phi) is 3.46. The number of fused-ring (bicyclic) bond motifs is 1. The van der Waals surface area contributed by atoms with E-state index in [2.05, 4.69) is 35.6 Å². The quantitative estimate of drug-likeness (QED) is 0.877. The number of aromatic nitrogens is 3. The topological polar surface area (TPSA) is 42.7 Å². The van der Waals surface area contributed by atoms with E-state index in [9.17, 15) is 0 Å². The van der Waals surface area contributed by atoms with Gasteiger partial charge in [-0.15, -0.1) is 0 Å². The summed E-state index contributed by atoms with van der Waals surface area (Å²) in [5.74, 6) is 1.11. The second-order valence-corrected chi connectivity index (χ2v) is 6.97. The fourth-order valence-electron chi connectivity index (χ4n) is 2.90. The van der Waals surface area contributed by atoms with Gasteiger partial charge in [0.05, 0.1) is 5.02 Å². The molecule has 0 saturated carbocycles. The van der Waals surface area contributed by atoms with Crippen LogP contribution in [0.2, 0.25) is 5.02 Å². The van der Waals surface area contributed by atoms with Gasteiger partial charge in [-0.25, -0.2) is 9.97 Å². The van der Waals surface area contributed by atoms with Crippen molar-refractivity contribution in [3.63, 3.8) is 0 Å². The summed E-state index contributed by atoms with van der Waals surface area (Å²) in [6, 6.07) is 2.39. The van der Waals surface area contributed by atoms with E-state index in [0.717, 1.165) is 42.9 Å². The number of hydrogen-bond donors (Lipinski definition) is 1. The van der Waals surface area contributed by atoms with Crippen LogP contribution in [-0.4, -0.2) is 27.6 Å². The maximum atomic E-state index is 6.06. The number of hydrogen-bond acceptors (Lipinski definition) is 3. The third kappa shape index (κ3) is 2.42. The fourth-order valence-corrected chi connectivity index (χ4v) is 3.05. The summed E-state index contributed by atoms with van der Waals surface area (Å²) in [6.45, 7) is 8.72. The summed E-state index contributed by atoms with van der Waals surface area (Å²) in [7, 11) is 0. The summed E-state index contributed by atoms with van der Waals surface area (Å²) >= 11 is 6.06. The van der Waals surface area contributed by atoms with Crippen molar-refractivity contribution in [3.05, 3.63) is 23.1 Å². The Labute approximate surface area is 124 Å². The Balaban J connectivity index is 2.20. The van der Waals surface area contributed by atoms with Crippen molar-refractivity contribution < 1.29 is 0 Å². The first-order chi connectivity index (χ1) is 9.47. The summed E-state index contributed by atoms with van der Waals surface area (Å²) < 4.78 is 2.34. The molecule has 2 aromatic heterocycles. The Morgan fingerprint density at radius 3 is 2.65 bits per heavy atom. The summed E-state index contributed by atoms with van der Waals surface area (Å²) in [6.07, 6.45) is 3.97. The van der Waals surface area contributed by atoms with Crippen LogP contribution >= 0.6 is 11.6 Å². The Hall–Kier alpha value is -1.13. The van der Waals surface area contributed by atoms with Gasteiger partial charge >= 0.3 is 0 Å². The van der Waals surface area contributed by atoms with E-state index in [1.807, 2.05) is 6.07 Å². The third-order valence-electron chi connectivity index (χ3n) is 3.84. The van der Waals surface area contributed by atoms with Crippen LogP contribution in [0.3, 0.4) is 0 Å². The predicted molar refractivity (Wildman–Crippen MR) is 82.4 cm³/mol. The molecule has 0 amide bonds. The molecule has 1 saturated heterocycles. The van der Waals surface area contributed by atoms with Gasteiger partial charge in [-0.3, -0.25) is 0 Å². The van der Waals surface area contributed by atoms with Crippen LogP contribution in [0.5, 0.6) is 0 Å². The molecule has 20 heavy (non-hydrogen) atoms. The minimum atomic E-state index is -0.00193. The lowest BCUT2D eigenvalue weighted by molar-refractivity contribution is 0.349. The molecule has 0 bridgehead atoms. The van der Waals surface area contributed by atoms with Crippen molar-refractivity contribution in [1.82, 2.24) is 19.9 Å². The predicted octanol–water partition coefficient (Wildman–Crippen LogP) is 3.31. The van der Waals surface area contributed by atoms with Gasteiger partial charge in [-0.2, -0.15) is 0 Å². The van der Waals surface area contributed by atoms with Crippen molar-refractivity contribution in [2.24, 2.45) is 0 Å². The molecule has 0 radical (unpaired) electrons. The zero-order chi connectivity index (χ0) is 14.3. The minimum absolute atomic E-state index is 0.00193. The number of rotatable bonds is 1. The molecule has 1 fully saturated rings. The smallest absolute Gasteiger partial charge is 0.160 e. The highest BCUT2D eigenvalue weighted by Crippen LogP contribution is 2.32. The van der Waals surface area contributed by atoms with E-state index in [1.54, 1.807) is 6.20 Å². The monoisotopic (exact) mass is 292 g/mol. The van der Waals surface area contributed by atoms with Crippen molar-refractivity contribution in [2.75, 3.05) is 13.1 Å². The zero-order valence-electron chi connectivity index (χ0n) is 12.3. The van der Waals surface area contributed by atoms with E-state index in [0.29, 0.717) is 11.1 Å². The fraction of sp³-hybridized carbons (Fsp3) is 0.600. The van der Waals surface area contributed by atoms with Crippen LogP contribution in [0.15, 0.2) is 12.3 Å². The van der Waals surface area contributed by atoms with E-state index < -0.39 is 0 Å². The van der Waals surface area contributed by atoms with Crippen molar-refractivity contribution in [1.29, 1.82) is 0 Å². The lowest BCUT2D eigenvalue weighted by Crippen LogP contribution is -2.32. The van der Waals surface area contributed by atoms with Crippen LogP contribution in [0, 0.1) is 0 Å². The first kappa shape index (κ1) is 13.8. The molecular formula is C15H21ClN4. The molecule has 2 aromatic rings. The Morgan fingerprint density at radius 1 is 1.30 bits per heavy atom. The summed E-state index contributed by atoms with van der Waals surface area (Å²) in [4.78, 5) is 9.35. The molecule has 0 spiro atoms. The molecule has 3 heterocycles. The lowest BCUT2D eigenvalue weighted by atomic mass is 9.94. The van der Waals surface area contributed by atoms with Crippen LogP contribution in [0.1, 0.15) is 45.5 Å². The van der Waals surface area contributed by atoms with Gasteiger partial charge < -0.3 is 9.88 Å². The molecule has 108 valence electrons. The van der Waals surface area contributed by atoms with Gasteiger partial charge in [-0.05, 0) is 32.0 Å². The molecule has 3 rings (SSSR count). The van der Waals surface area contributed by atoms with Crippen LogP contribution in [0.25, 0.3) is 11.2 Å². The maximum Gasteiger partial charge on any atom is 0.160 e. The second kappa shape index (κ2) is 5.01. The summed E-state index contributed by atoms with van der Waals surface area (Å²) in [5, 5.41) is 4.06. The first-order valence-electron chi connectivity index (χ1n) is 7.21. The van der Waals surface area contributed by atoms with E-state index in [-0.39, 0.29) is 5.41 Å². The minimum Gasteiger partial charge on any atom is -0.317 e. The largest absolute Gasteiger partial charge is 0.317 e. The van der Waals surface area contributed by atoms with Gasteiger partial charge in [0.1, 0.15) is 11.3 Å².